The number of carbonyl (C=O) groups is 1. The normalized spacial score (nSPS) is 12.8. The van der Waals surface area contributed by atoms with E-state index in [0.717, 1.165) is 18.2 Å². The van der Waals surface area contributed by atoms with Crippen LogP contribution < -0.4 is 0 Å². The SMILES string of the molecule is O=C(O)c1ccccc1N=Nc1c(S(=O)(=O)O)cc2cc(S(=O)(=O)O)c(N=Nc3ccccc3S(=O)(=O)O)c(O)c2c1O. The number of phenols is 2. The topological polar surface area (TPSA) is 290 Å². The highest BCUT2D eigenvalue weighted by Crippen LogP contribution is 2.50. The molecule has 0 aliphatic carbocycles. The summed E-state index contributed by atoms with van der Waals surface area (Å²) in [7, 11) is -15.4. The van der Waals surface area contributed by atoms with Gasteiger partial charge in [0.25, 0.3) is 30.4 Å². The highest BCUT2D eigenvalue weighted by molar-refractivity contribution is 7.86. The molecular formula is C23H16N4O13S3. The average molecular weight is 653 g/mol. The molecule has 0 unspecified atom stereocenters. The van der Waals surface area contributed by atoms with Gasteiger partial charge in [0.1, 0.15) is 37.4 Å². The van der Waals surface area contributed by atoms with Gasteiger partial charge in [0, 0.05) is 0 Å². The number of aromatic carboxylic acids is 1. The van der Waals surface area contributed by atoms with Crippen LogP contribution in [0.5, 0.6) is 11.5 Å². The van der Waals surface area contributed by atoms with E-state index in [4.69, 9.17) is 0 Å². The highest BCUT2D eigenvalue weighted by Gasteiger charge is 2.29. The van der Waals surface area contributed by atoms with Crippen LogP contribution in [0.2, 0.25) is 0 Å². The zero-order chi connectivity index (χ0) is 31.9. The van der Waals surface area contributed by atoms with Crippen LogP contribution in [0.25, 0.3) is 10.8 Å². The number of azo groups is 2. The molecule has 4 aromatic rings. The molecule has 0 aliphatic heterocycles. The number of hydrogen-bond acceptors (Lipinski definition) is 13. The number of carboxylic acid groups (broad SMARTS) is 1. The van der Waals surface area contributed by atoms with Crippen molar-refractivity contribution < 1.29 is 59.0 Å². The monoisotopic (exact) mass is 652 g/mol. The van der Waals surface area contributed by atoms with Gasteiger partial charge in [-0.15, -0.1) is 20.5 Å². The number of phenolic OH excluding ortho intramolecular Hbond substituents is 2. The summed E-state index contributed by atoms with van der Waals surface area (Å²) in [5.41, 5.74) is -3.33. The minimum absolute atomic E-state index is 0.311. The summed E-state index contributed by atoms with van der Waals surface area (Å²) >= 11 is 0. The van der Waals surface area contributed by atoms with E-state index in [9.17, 15) is 59.0 Å². The largest absolute Gasteiger partial charge is 0.505 e. The van der Waals surface area contributed by atoms with Crippen molar-refractivity contribution in [1.29, 1.82) is 0 Å². The Morgan fingerprint density at radius 1 is 0.581 bits per heavy atom. The van der Waals surface area contributed by atoms with E-state index < -0.39 is 90.3 Å². The van der Waals surface area contributed by atoms with E-state index >= 15 is 0 Å². The van der Waals surface area contributed by atoms with Gasteiger partial charge in [0.2, 0.25) is 0 Å². The smallest absolute Gasteiger partial charge is 0.337 e. The van der Waals surface area contributed by atoms with Crippen LogP contribution in [-0.4, -0.2) is 60.2 Å². The van der Waals surface area contributed by atoms with E-state index in [1.54, 1.807) is 0 Å². The summed E-state index contributed by atoms with van der Waals surface area (Å²) < 4.78 is 101. The van der Waals surface area contributed by atoms with Crippen molar-refractivity contribution in [2.75, 3.05) is 0 Å². The minimum atomic E-state index is -5.29. The van der Waals surface area contributed by atoms with Crippen molar-refractivity contribution in [3.63, 3.8) is 0 Å². The molecule has 43 heavy (non-hydrogen) atoms. The van der Waals surface area contributed by atoms with Crippen LogP contribution in [0.4, 0.5) is 22.7 Å². The van der Waals surface area contributed by atoms with E-state index in [1.807, 2.05) is 0 Å². The second kappa shape index (κ2) is 11.1. The van der Waals surface area contributed by atoms with E-state index in [-0.39, 0.29) is 11.3 Å². The van der Waals surface area contributed by atoms with Crippen molar-refractivity contribution >= 4 is 69.8 Å². The summed E-state index contributed by atoms with van der Waals surface area (Å²) in [6.45, 7) is 0. The molecule has 0 bridgehead atoms. The molecule has 0 radical (unpaired) electrons. The van der Waals surface area contributed by atoms with Crippen LogP contribution in [-0.2, 0) is 30.4 Å². The zero-order valence-electron chi connectivity index (χ0n) is 20.8. The summed E-state index contributed by atoms with van der Waals surface area (Å²) in [4.78, 5) is 8.35. The van der Waals surface area contributed by atoms with Gasteiger partial charge >= 0.3 is 5.97 Å². The van der Waals surface area contributed by atoms with Gasteiger partial charge < -0.3 is 15.3 Å². The molecule has 0 atom stereocenters. The number of benzene rings is 4. The molecule has 0 spiro atoms. The Morgan fingerprint density at radius 2 is 1.00 bits per heavy atom. The molecule has 0 saturated carbocycles. The molecule has 0 aliphatic rings. The Hall–Kier alpha value is -4.86. The molecule has 224 valence electrons. The predicted octanol–water partition coefficient (Wildman–Crippen LogP) is 4.52. The van der Waals surface area contributed by atoms with Gasteiger partial charge in [-0.1, -0.05) is 24.3 Å². The summed E-state index contributed by atoms with van der Waals surface area (Å²) in [6.07, 6.45) is 0. The second-order valence-corrected chi connectivity index (χ2v) is 12.5. The van der Waals surface area contributed by atoms with Crippen molar-refractivity contribution in [3.05, 3.63) is 66.2 Å². The Morgan fingerprint density at radius 3 is 1.47 bits per heavy atom. The van der Waals surface area contributed by atoms with E-state index in [0.29, 0.717) is 12.1 Å². The third-order valence-corrected chi connectivity index (χ3v) is 8.23. The maximum Gasteiger partial charge on any atom is 0.337 e. The van der Waals surface area contributed by atoms with Gasteiger partial charge in [-0.05, 0) is 41.8 Å². The first-order valence-corrected chi connectivity index (χ1v) is 15.5. The minimum Gasteiger partial charge on any atom is -0.505 e. The Bertz CT molecular complexity index is 2210. The van der Waals surface area contributed by atoms with Crippen molar-refractivity contribution in [1.82, 2.24) is 0 Å². The summed E-state index contributed by atoms with van der Waals surface area (Å²) in [5.74, 6) is -3.91. The lowest BCUT2D eigenvalue weighted by Crippen LogP contribution is -2.02. The molecular weight excluding hydrogens is 636 g/mol. The predicted molar refractivity (Wildman–Crippen MR) is 145 cm³/mol. The van der Waals surface area contributed by atoms with Gasteiger partial charge in [-0.3, -0.25) is 13.7 Å². The van der Waals surface area contributed by atoms with Crippen molar-refractivity contribution in [2.24, 2.45) is 20.5 Å². The lowest BCUT2D eigenvalue weighted by atomic mass is 10.1. The van der Waals surface area contributed by atoms with Gasteiger partial charge in [0.05, 0.1) is 10.9 Å². The number of aromatic hydroxyl groups is 2. The van der Waals surface area contributed by atoms with Crippen molar-refractivity contribution in [2.45, 2.75) is 14.7 Å². The van der Waals surface area contributed by atoms with E-state index in [2.05, 4.69) is 20.5 Å². The Kier molecular flexibility index (Phi) is 8.02. The van der Waals surface area contributed by atoms with Crippen LogP contribution in [0.3, 0.4) is 0 Å². The number of nitrogens with zero attached hydrogens (tertiary/aromatic N) is 4. The van der Waals surface area contributed by atoms with Crippen LogP contribution in [0.15, 0.2) is 95.8 Å². The van der Waals surface area contributed by atoms with Gasteiger partial charge in [-0.25, -0.2) is 4.79 Å². The standard InChI is InChI=1S/C23H16N4O13S3/c28-21-18-11(9-16(42(35,36)37)19(21)26-24-13-6-2-1-5-12(13)23(30)31)10-17(43(38,39)40)20(22(18)29)27-25-14-7-3-4-8-15(14)41(32,33)34/h1-10,28-29H,(H,30,31)(H,32,33,34)(H,35,36,37)(H,38,39,40). The number of carboxylic acids is 1. The maximum atomic E-state index is 12.2. The van der Waals surface area contributed by atoms with Crippen LogP contribution >= 0.6 is 0 Å². The molecule has 0 fully saturated rings. The molecule has 17 nitrogen and oxygen atoms in total. The van der Waals surface area contributed by atoms with Gasteiger partial charge in [0.15, 0.2) is 11.5 Å². The lowest BCUT2D eigenvalue weighted by molar-refractivity contribution is 0.0697. The van der Waals surface area contributed by atoms with E-state index in [1.165, 1.54) is 30.3 Å². The van der Waals surface area contributed by atoms with Crippen LogP contribution in [0.1, 0.15) is 10.4 Å². The van der Waals surface area contributed by atoms with Crippen molar-refractivity contribution in [3.8, 4) is 11.5 Å². The summed E-state index contributed by atoms with van der Waals surface area (Å²) in [5, 5.41) is 44.2. The first-order valence-electron chi connectivity index (χ1n) is 11.1. The molecule has 0 saturated heterocycles. The maximum absolute atomic E-state index is 12.2. The fraction of sp³-hybridized carbons (Fsp3) is 0. The molecule has 20 heteroatoms. The lowest BCUT2D eigenvalue weighted by Gasteiger charge is -2.13. The van der Waals surface area contributed by atoms with Crippen LogP contribution in [0, 0.1) is 0 Å². The number of hydrogen-bond donors (Lipinski definition) is 6. The average Bonchev–Trinajstić information content (AvgIpc) is 2.90. The first kappa shape index (κ1) is 31.1. The molecule has 6 N–H and O–H groups in total. The summed E-state index contributed by atoms with van der Waals surface area (Å²) in [6, 6.07) is 10.6. The van der Waals surface area contributed by atoms with Gasteiger partial charge in [-0.2, -0.15) is 25.3 Å². The Labute approximate surface area is 241 Å². The molecule has 0 aromatic heterocycles. The fourth-order valence-electron chi connectivity index (χ4n) is 3.75. The number of rotatable bonds is 8. The molecule has 4 aromatic carbocycles. The molecule has 0 amide bonds. The zero-order valence-corrected chi connectivity index (χ0v) is 23.3. The second-order valence-electron chi connectivity index (χ2n) is 8.36. The molecule has 4 rings (SSSR count). The number of fused-ring (bicyclic) bond motifs is 1. The quantitative estimate of drug-likeness (QED) is 0.113. The fourth-order valence-corrected chi connectivity index (χ4v) is 5.69. The molecule has 0 heterocycles. The third-order valence-electron chi connectivity index (χ3n) is 5.60. The third kappa shape index (κ3) is 6.33. The Balaban J connectivity index is 2.06. The first-order chi connectivity index (χ1) is 19.9. The highest BCUT2D eigenvalue weighted by atomic mass is 32.2.